The van der Waals surface area contributed by atoms with Gasteiger partial charge in [-0.2, -0.15) is 4.98 Å². The zero-order chi connectivity index (χ0) is 15.9. The maximum Gasteiger partial charge on any atom is 0.229 e. The quantitative estimate of drug-likeness (QED) is 0.851. The fourth-order valence-corrected chi connectivity index (χ4v) is 2.38. The van der Waals surface area contributed by atoms with Crippen LogP contribution in [0, 0.1) is 5.82 Å². The highest BCUT2D eigenvalue weighted by Crippen LogP contribution is 2.15. The number of hydrogen-bond donors (Lipinski definition) is 2. The number of nitrogens with zero attached hydrogens (tertiary/aromatic N) is 3. The summed E-state index contributed by atoms with van der Waals surface area (Å²) in [5.41, 5.74) is 0.621. The van der Waals surface area contributed by atoms with Crippen LogP contribution in [0.25, 0.3) is 0 Å². The van der Waals surface area contributed by atoms with Crippen molar-refractivity contribution in [3.8, 4) is 0 Å². The van der Waals surface area contributed by atoms with Crippen molar-refractivity contribution >= 4 is 17.5 Å². The lowest BCUT2D eigenvalue weighted by Gasteiger charge is -2.26. The fraction of sp³-hybridized carbons (Fsp3) is 0.375. The lowest BCUT2D eigenvalue weighted by atomic mass is 10.3. The summed E-state index contributed by atoms with van der Waals surface area (Å²) in [6.45, 7) is 5.29. The monoisotopic (exact) mass is 317 g/mol. The van der Waals surface area contributed by atoms with Crippen LogP contribution in [0.5, 0.6) is 0 Å². The second-order valence-electron chi connectivity index (χ2n) is 5.28. The summed E-state index contributed by atoms with van der Waals surface area (Å²) in [5, 5.41) is 6.28. The molecule has 1 fully saturated rings. The van der Waals surface area contributed by atoms with E-state index in [1.165, 1.54) is 12.1 Å². The minimum Gasteiger partial charge on any atom is -0.379 e. The van der Waals surface area contributed by atoms with Gasteiger partial charge in [0.15, 0.2) is 0 Å². The van der Waals surface area contributed by atoms with E-state index in [1.54, 1.807) is 18.3 Å². The van der Waals surface area contributed by atoms with E-state index in [0.717, 1.165) is 45.2 Å². The molecule has 2 heterocycles. The first-order valence-corrected chi connectivity index (χ1v) is 7.69. The number of benzene rings is 1. The summed E-state index contributed by atoms with van der Waals surface area (Å²) in [4.78, 5) is 10.9. The van der Waals surface area contributed by atoms with Gasteiger partial charge in [-0.05, 0) is 24.3 Å². The Morgan fingerprint density at radius 2 is 2.09 bits per heavy atom. The van der Waals surface area contributed by atoms with Crippen molar-refractivity contribution < 1.29 is 9.13 Å². The summed E-state index contributed by atoms with van der Waals surface area (Å²) in [7, 11) is 0. The number of halogens is 1. The molecule has 2 N–H and O–H groups in total. The van der Waals surface area contributed by atoms with E-state index in [1.807, 2.05) is 6.07 Å². The Morgan fingerprint density at radius 3 is 2.91 bits per heavy atom. The highest BCUT2D eigenvalue weighted by atomic mass is 19.1. The van der Waals surface area contributed by atoms with Crippen LogP contribution in [0.2, 0.25) is 0 Å². The van der Waals surface area contributed by atoms with Gasteiger partial charge in [-0.1, -0.05) is 6.07 Å². The van der Waals surface area contributed by atoms with E-state index >= 15 is 0 Å². The van der Waals surface area contributed by atoms with Crippen molar-refractivity contribution in [2.45, 2.75) is 0 Å². The minimum atomic E-state index is -0.296. The molecule has 0 bridgehead atoms. The second-order valence-corrected chi connectivity index (χ2v) is 5.28. The molecule has 122 valence electrons. The highest BCUT2D eigenvalue weighted by Gasteiger charge is 2.09. The molecule has 0 aliphatic carbocycles. The van der Waals surface area contributed by atoms with Crippen LogP contribution >= 0.6 is 0 Å². The molecular weight excluding hydrogens is 297 g/mol. The molecular formula is C16H20FN5O. The number of ether oxygens (including phenoxy) is 1. The normalized spacial score (nSPS) is 15.3. The van der Waals surface area contributed by atoms with E-state index in [4.69, 9.17) is 4.74 Å². The Labute approximate surface area is 134 Å². The Morgan fingerprint density at radius 1 is 1.22 bits per heavy atom. The van der Waals surface area contributed by atoms with Gasteiger partial charge < -0.3 is 15.4 Å². The van der Waals surface area contributed by atoms with E-state index in [0.29, 0.717) is 11.6 Å². The van der Waals surface area contributed by atoms with Gasteiger partial charge in [0, 0.05) is 38.1 Å². The predicted molar refractivity (Wildman–Crippen MR) is 87.5 cm³/mol. The molecule has 0 saturated carbocycles. The largest absolute Gasteiger partial charge is 0.379 e. The second kappa shape index (κ2) is 7.85. The summed E-state index contributed by atoms with van der Waals surface area (Å²) in [6.07, 6.45) is 1.67. The molecule has 1 aliphatic rings. The van der Waals surface area contributed by atoms with Gasteiger partial charge >= 0.3 is 0 Å². The summed E-state index contributed by atoms with van der Waals surface area (Å²) in [5.74, 6) is 0.883. The molecule has 0 unspecified atom stereocenters. The van der Waals surface area contributed by atoms with Gasteiger partial charge in [0.25, 0.3) is 0 Å². The van der Waals surface area contributed by atoms with Gasteiger partial charge in [-0.25, -0.2) is 9.37 Å². The Kier molecular flexibility index (Phi) is 5.33. The Bertz CT molecular complexity index is 633. The van der Waals surface area contributed by atoms with Crippen molar-refractivity contribution in [3.63, 3.8) is 0 Å². The Hall–Kier alpha value is -2.25. The third-order valence-corrected chi connectivity index (χ3v) is 3.57. The first-order chi connectivity index (χ1) is 11.3. The number of nitrogens with one attached hydrogen (secondary N) is 2. The summed E-state index contributed by atoms with van der Waals surface area (Å²) in [6, 6.07) is 8.03. The Balaban J connectivity index is 1.52. The molecule has 0 amide bonds. The molecule has 2 aromatic rings. The highest BCUT2D eigenvalue weighted by molar-refractivity contribution is 5.54. The van der Waals surface area contributed by atoms with Crippen LogP contribution in [0.1, 0.15) is 0 Å². The minimum absolute atomic E-state index is 0.296. The average Bonchev–Trinajstić information content (AvgIpc) is 2.56. The molecule has 0 radical (unpaired) electrons. The van der Waals surface area contributed by atoms with Crippen LogP contribution in [-0.2, 0) is 4.74 Å². The van der Waals surface area contributed by atoms with E-state index in [-0.39, 0.29) is 5.82 Å². The van der Waals surface area contributed by atoms with Crippen molar-refractivity contribution in [1.82, 2.24) is 14.9 Å². The van der Waals surface area contributed by atoms with E-state index in [2.05, 4.69) is 25.5 Å². The third-order valence-electron chi connectivity index (χ3n) is 3.57. The zero-order valence-electron chi connectivity index (χ0n) is 12.8. The number of aromatic nitrogens is 2. The lowest BCUT2D eigenvalue weighted by Crippen LogP contribution is -2.39. The lowest BCUT2D eigenvalue weighted by molar-refractivity contribution is 0.0398. The summed E-state index contributed by atoms with van der Waals surface area (Å²) < 4.78 is 18.5. The van der Waals surface area contributed by atoms with Crippen LogP contribution in [0.3, 0.4) is 0 Å². The van der Waals surface area contributed by atoms with E-state index in [9.17, 15) is 4.39 Å². The van der Waals surface area contributed by atoms with E-state index < -0.39 is 0 Å². The van der Waals surface area contributed by atoms with Gasteiger partial charge in [0.05, 0.1) is 13.2 Å². The molecule has 0 atom stereocenters. The molecule has 1 saturated heterocycles. The molecule has 1 aromatic heterocycles. The molecule has 3 rings (SSSR count). The SMILES string of the molecule is Fc1cccc(Nc2nccc(NCCN3CCOCC3)n2)c1. The number of morpholine rings is 1. The van der Waals surface area contributed by atoms with Crippen molar-refractivity contribution in [2.24, 2.45) is 0 Å². The van der Waals surface area contributed by atoms with Crippen LogP contribution in [0.15, 0.2) is 36.5 Å². The van der Waals surface area contributed by atoms with Gasteiger partial charge in [-0.3, -0.25) is 4.90 Å². The van der Waals surface area contributed by atoms with Crippen LogP contribution < -0.4 is 10.6 Å². The standard InChI is InChI=1S/C16H20FN5O/c17-13-2-1-3-14(12-13)20-16-19-5-4-15(21-16)18-6-7-22-8-10-23-11-9-22/h1-5,12H,6-11H2,(H2,18,19,20,21). The predicted octanol–water partition coefficient (Wildman–Crippen LogP) is 2.10. The number of rotatable bonds is 6. The maximum atomic E-state index is 13.2. The third kappa shape index (κ3) is 4.87. The van der Waals surface area contributed by atoms with Crippen LogP contribution in [0.4, 0.5) is 21.8 Å². The van der Waals surface area contributed by atoms with Gasteiger partial charge in [0.2, 0.25) is 5.95 Å². The molecule has 6 nitrogen and oxygen atoms in total. The van der Waals surface area contributed by atoms with Gasteiger partial charge in [-0.15, -0.1) is 0 Å². The average molecular weight is 317 g/mol. The number of hydrogen-bond acceptors (Lipinski definition) is 6. The smallest absolute Gasteiger partial charge is 0.229 e. The maximum absolute atomic E-state index is 13.2. The molecule has 23 heavy (non-hydrogen) atoms. The molecule has 7 heteroatoms. The van der Waals surface area contributed by atoms with Crippen molar-refractivity contribution in [3.05, 3.63) is 42.3 Å². The summed E-state index contributed by atoms with van der Waals surface area (Å²) >= 11 is 0. The fourth-order valence-electron chi connectivity index (χ4n) is 2.38. The van der Waals surface area contributed by atoms with Crippen molar-refractivity contribution in [1.29, 1.82) is 0 Å². The molecule has 1 aromatic carbocycles. The number of anilines is 3. The van der Waals surface area contributed by atoms with Crippen LogP contribution in [-0.4, -0.2) is 54.3 Å². The van der Waals surface area contributed by atoms with Gasteiger partial charge in [0.1, 0.15) is 11.6 Å². The first-order valence-electron chi connectivity index (χ1n) is 7.69. The molecule has 0 spiro atoms. The van der Waals surface area contributed by atoms with Crippen molar-refractivity contribution in [2.75, 3.05) is 50.0 Å². The topological polar surface area (TPSA) is 62.3 Å². The zero-order valence-corrected chi connectivity index (χ0v) is 12.8. The molecule has 1 aliphatic heterocycles. The first kappa shape index (κ1) is 15.6.